The molecule has 1 aliphatic rings. The lowest BCUT2D eigenvalue weighted by molar-refractivity contribution is -0.164. The maximum Gasteiger partial charge on any atom is 0.378 e. The first-order valence-electron chi connectivity index (χ1n) is 17.1. The molecule has 1 N–H and O–H groups in total. The standard InChI is InChI=1S/C38H52O8/c1-3-4-5-6-7-8-9-10-11-12-13-20-25-32(37(40)41)26-33(45-29(2)39)34-35(43-27-30-21-16-14-17-22-30)36(38(42)46-34)44-28-31-23-18-15-19-24-31/h14-19,21-24,32-34H,3-13,20,25-28H2,1-2H3,(H,40,41)/t32?,33-,34+/m0/s1. The van der Waals surface area contributed by atoms with Crippen LogP contribution in [0.1, 0.15) is 115 Å². The van der Waals surface area contributed by atoms with Gasteiger partial charge in [-0.2, -0.15) is 0 Å². The van der Waals surface area contributed by atoms with E-state index in [9.17, 15) is 19.5 Å². The molecular formula is C38H52O8. The number of benzene rings is 2. The van der Waals surface area contributed by atoms with Gasteiger partial charge in [-0.1, -0.05) is 145 Å². The van der Waals surface area contributed by atoms with Crippen molar-refractivity contribution in [3.05, 3.63) is 83.3 Å². The second-order valence-corrected chi connectivity index (χ2v) is 12.2. The zero-order chi connectivity index (χ0) is 33.0. The van der Waals surface area contributed by atoms with E-state index in [-0.39, 0.29) is 31.2 Å². The molecule has 0 saturated carbocycles. The van der Waals surface area contributed by atoms with Crippen LogP contribution in [0.3, 0.4) is 0 Å². The molecule has 3 atom stereocenters. The summed E-state index contributed by atoms with van der Waals surface area (Å²) in [5.74, 6) is -3.09. The Morgan fingerprint density at radius 2 is 1.26 bits per heavy atom. The molecule has 1 unspecified atom stereocenters. The molecule has 0 radical (unpaired) electrons. The Morgan fingerprint density at radius 3 is 1.76 bits per heavy atom. The number of hydrogen-bond donors (Lipinski definition) is 1. The van der Waals surface area contributed by atoms with E-state index in [1.54, 1.807) is 0 Å². The van der Waals surface area contributed by atoms with Gasteiger partial charge in [-0.05, 0) is 17.5 Å². The number of ether oxygens (including phenoxy) is 4. The Bertz CT molecular complexity index is 1210. The van der Waals surface area contributed by atoms with Gasteiger partial charge in [-0.15, -0.1) is 0 Å². The van der Waals surface area contributed by atoms with Gasteiger partial charge in [0, 0.05) is 13.3 Å². The fourth-order valence-corrected chi connectivity index (χ4v) is 5.74. The molecule has 0 fully saturated rings. The number of hydrogen-bond acceptors (Lipinski definition) is 7. The van der Waals surface area contributed by atoms with Gasteiger partial charge in [0.25, 0.3) is 0 Å². The Morgan fingerprint density at radius 1 is 0.761 bits per heavy atom. The maximum atomic E-state index is 13.1. The van der Waals surface area contributed by atoms with E-state index in [1.165, 1.54) is 58.3 Å². The van der Waals surface area contributed by atoms with Gasteiger partial charge in [0.15, 0.2) is 11.9 Å². The van der Waals surface area contributed by atoms with E-state index in [0.29, 0.717) is 6.42 Å². The van der Waals surface area contributed by atoms with Crippen molar-refractivity contribution in [1.29, 1.82) is 0 Å². The van der Waals surface area contributed by atoms with Crippen molar-refractivity contribution in [2.24, 2.45) is 5.92 Å². The van der Waals surface area contributed by atoms with Crippen molar-refractivity contribution >= 4 is 17.9 Å². The minimum Gasteiger partial charge on any atom is -0.485 e. The van der Waals surface area contributed by atoms with Crippen LogP contribution in [0.4, 0.5) is 0 Å². The summed E-state index contributed by atoms with van der Waals surface area (Å²) in [6, 6.07) is 18.8. The van der Waals surface area contributed by atoms with Crippen LogP contribution in [0, 0.1) is 5.92 Å². The highest BCUT2D eigenvalue weighted by Gasteiger charge is 2.45. The highest BCUT2D eigenvalue weighted by atomic mass is 16.6. The summed E-state index contributed by atoms with van der Waals surface area (Å²) in [5.41, 5.74) is 1.70. The van der Waals surface area contributed by atoms with Gasteiger partial charge in [0.1, 0.15) is 19.3 Å². The molecular weight excluding hydrogens is 584 g/mol. The minimum atomic E-state index is -1.13. The Hall–Kier alpha value is -3.81. The van der Waals surface area contributed by atoms with Gasteiger partial charge in [-0.3, -0.25) is 9.59 Å². The van der Waals surface area contributed by atoms with Crippen LogP contribution in [0.2, 0.25) is 0 Å². The van der Waals surface area contributed by atoms with Gasteiger partial charge < -0.3 is 24.1 Å². The van der Waals surface area contributed by atoms with Crippen molar-refractivity contribution in [2.45, 2.75) is 129 Å². The molecule has 252 valence electrons. The molecule has 0 saturated heterocycles. The first-order chi connectivity index (χ1) is 22.4. The third-order valence-corrected chi connectivity index (χ3v) is 8.29. The fraction of sp³-hybridized carbons (Fsp3) is 0.553. The van der Waals surface area contributed by atoms with Crippen molar-refractivity contribution in [3.63, 3.8) is 0 Å². The Labute approximate surface area is 274 Å². The van der Waals surface area contributed by atoms with Crippen LogP contribution in [0.5, 0.6) is 0 Å². The molecule has 2 aromatic carbocycles. The maximum absolute atomic E-state index is 13.1. The van der Waals surface area contributed by atoms with E-state index in [1.807, 2.05) is 60.7 Å². The first-order valence-corrected chi connectivity index (χ1v) is 17.1. The van der Waals surface area contributed by atoms with Gasteiger partial charge in [0.05, 0.1) is 5.92 Å². The van der Waals surface area contributed by atoms with Gasteiger partial charge in [0.2, 0.25) is 5.76 Å². The van der Waals surface area contributed by atoms with Crippen LogP contribution in [0.15, 0.2) is 72.2 Å². The Balaban J connectivity index is 1.62. The Kier molecular flexibility index (Phi) is 16.8. The average molecular weight is 637 g/mol. The number of carboxylic acids is 1. The zero-order valence-electron chi connectivity index (χ0n) is 27.6. The lowest BCUT2D eigenvalue weighted by atomic mass is 9.92. The quantitative estimate of drug-likeness (QED) is 0.0901. The minimum absolute atomic E-state index is 0.0188. The highest BCUT2D eigenvalue weighted by molar-refractivity contribution is 5.89. The summed E-state index contributed by atoms with van der Waals surface area (Å²) < 4.78 is 23.3. The average Bonchev–Trinajstić information content (AvgIpc) is 3.37. The van der Waals surface area contributed by atoms with Crippen molar-refractivity contribution < 1.29 is 38.4 Å². The van der Waals surface area contributed by atoms with Crippen LogP contribution >= 0.6 is 0 Å². The predicted molar refractivity (Wildman–Crippen MR) is 176 cm³/mol. The van der Waals surface area contributed by atoms with Gasteiger partial charge in [-0.25, -0.2) is 4.79 Å². The second kappa shape index (κ2) is 21.1. The highest BCUT2D eigenvalue weighted by Crippen LogP contribution is 2.33. The third-order valence-electron chi connectivity index (χ3n) is 8.29. The normalized spacial score (nSPS) is 15.7. The number of unbranched alkanes of at least 4 members (excludes halogenated alkanes) is 11. The second-order valence-electron chi connectivity index (χ2n) is 12.2. The molecule has 1 aliphatic heterocycles. The summed E-state index contributed by atoms with van der Waals surface area (Å²) in [7, 11) is 0. The number of carbonyl (C=O) groups is 3. The molecule has 0 bridgehead atoms. The smallest absolute Gasteiger partial charge is 0.378 e. The van der Waals surface area contributed by atoms with E-state index in [0.717, 1.165) is 36.8 Å². The van der Waals surface area contributed by atoms with Crippen molar-refractivity contribution in [2.75, 3.05) is 0 Å². The zero-order valence-corrected chi connectivity index (χ0v) is 27.6. The van der Waals surface area contributed by atoms with Crippen LogP contribution in [-0.4, -0.2) is 35.2 Å². The molecule has 2 aromatic rings. The monoisotopic (exact) mass is 636 g/mol. The number of esters is 2. The number of carboxylic acid groups (broad SMARTS) is 1. The lowest BCUT2D eigenvalue weighted by Gasteiger charge is -2.26. The van der Waals surface area contributed by atoms with Crippen molar-refractivity contribution in [1.82, 2.24) is 0 Å². The predicted octanol–water partition coefficient (Wildman–Crippen LogP) is 8.67. The summed E-state index contributed by atoms with van der Waals surface area (Å²) in [6.07, 6.45) is 12.5. The summed E-state index contributed by atoms with van der Waals surface area (Å²) in [5, 5.41) is 10.1. The molecule has 8 nitrogen and oxygen atoms in total. The topological polar surface area (TPSA) is 108 Å². The van der Waals surface area contributed by atoms with Crippen molar-refractivity contribution in [3.8, 4) is 0 Å². The number of aliphatic carboxylic acids is 1. The lowest BCUT2D eigenvalue weighted by Crippen LogP contribution is -2.36. The van der Waals surface area contributed by atoms with E-state index in [2.05, 4.69) is 6.92 Å². The van der Waals surface area contributed by atoms with E-state index in [4.69, 9.17) is 18.9 Å². The van der Waals surface area contributed by atoms with Gasteiger partial charge >= 0.3 is 17.9 Å². The number of carbonyl (C=O) groups excluding carboxylic acids is 2. The molecule has 0 spiro atoms. The molecule has 46 heavy (non-hydrogen) atoms. The molecule has 1 heterocycles. The van der Waals surface area contributed by atoms with Crippen LogP contribution in [-0.2, 0) is 46.5 Å². The third kappa shape index (κ3) is 13.3. The number of rotatable bonds is 24. The van der Waals surface area contributed by atoms with E-state index >= 15 is 0 Å². The number of cyclic esters (lactones) is 1. The molecule has 0 aromatic heterocycles. The van der Waals surface area contributed by atoms with E-state index < -0.39 is 36.0 Å². The van der Waals surface area contributed by atoms with Crippen LogP contribution < -0.4 is 0 Å². The molecule has 3 rings (SSSR count). The molecule has 0 aliphatic carbocycles. The molecule has 8 heteroatoms. The summed E-state index contributed by atoms with van der Waals surface area (Å²) in [6.45, 7) is 3.71. The van der Waals surface area contributed by atoms with Crippen LogP contribution in [0.25, 0.3) is 0 Å². The summed E-state index contributed by atoms with van der Waals surface area (Å²) >= 11 is 0. The largest absolute Gasteiger partial charge is 0.485 e. The summed E-state index contributed by atoms with van der Waals surface area (Å²) in [4.78, 5) is 37.6. The fourth-order valence-electron chi connectivity index (χ4n) is 5.74. The molecule has 0 amide bonds. The first kappa shape index (κ1) is 36.7. The SMILES string of the molecule is CCCCCCCCCCCCCCC(C[C@H](OC(C)=O)[C@H]1OC(=O)C(OCc2ccccc2)=C1OCc1ccccc1)C(=O)O.